The number of amides is 1. The highest BCUT2D eigenvalue weighted by Crippen LogP contribution is 2.20. The molecule has 2 aromatic rings. The molecule has 3 nitrogen and oxygen atoms in total. The molecule has 0 N–H and O–H groups in total. The zero-order valence-corrected chi connectivity index (χ0v) is 14.4. The van der Waals surface area contributed by atoms with Crippen LogP contribution in [-0.4, -0.2) is 24.0 Å². The van der Waals surface area contributed by atoms with Gasteiger partial charge < -0.3 is 9.64 Å². The maximum absolute atomic E-state index is 12.5. The van der Waals surface area contributed by atoms with E-state index in [9.17, 15) is 4.79 Å². The number of likely N-dealkylation sites (N-methyl/N-ethyl adjacent to an activating group) is 1. The molecule has 2 rings (SSSR count). The molecule has 3 heteroatoms. The number of ether oxygens (including phenoxy) is 1. The van der Waals surface area contributed by atoms with Crippen molar-refractivity contribution in [1.82, 2.24) is 4.90 Å². The van der Waals surface area contributed by atoms with Crippen molar-refractivity contribution in [2.45, 2.75) is 39.8 Å². The van der Waals surface area contributed by atoms with Gasteiger partial charge in [-0.1, -0.05) is 55.0 Å². The van der Waals surface area contributed by atoms with Gasteiger partial charge in [0.2, 0.25) is 0 Å². The van der Waals surface area contributed by atoms with Gasteiger partial charge in [0.05, 0.1) is 0 Å². The molecule has 0 spiro atoms. The first-order chi connectivity index (χ1) is 11.0. The van der Waals surface area contributed by atoms with Gasteiger partial charge in [-0.25, -0.2) is 0 Å². The fraction of sp³-hybridized carbons (Fsp3) is 0.350. The molecular weight excluding hydrogens is 286 g/mol. The smallest absolute Gasteiger partial charge is 0.263 e. The number of hydrogen-bond donors (Lipinski definition) is 0. The third-order valence-corrected chi connectivity index (χ3v) is 3.92. The minimum absolute atomic E-state index is 0.0171. The van der Waals surface area contributed by atoms with E-state index < -0.39 is 6.10 Å². The standard InChI is InChI=1S/C20H25NO2/c1-5-18-8-6-7-9-19(18)23-16(3)20(22)21(4)14-17-12-10-15(2)11-13-17/h6-13,16H,5,14H2,1-4H3. The van der Waals surface area contributed by atoms with E-state index in [4.69, 9.17) is 4.74 Å². The normalized spacial score (nSPS) is 11.8. The highest BCUT2D eigenvalue weighted by Gasteiger charge is 2.20. The summed E-state index contributed by atoms with van der Waals surface area (Å²) in [5.74, 6) is 0.774. The minimum atomic E-state index is -0.502. The third kappa shape index (κ3) is 4.59. The van der Waals surface area contributed by atoms with Crippen molar-refractivity contribution in [3.05, 3.63) is 65.2 Å². The van der Waals surface area contributed by atoms with Crippen LogP contribution >= 0.6 is 0 Å². The van der Waals surface area contributed by atoms with Crippen molar-refractivity contribution >= 4 is 5.91 Å². The van der Waals surface area contributed by atoms with Crippen LogP contribution in [0.15, 0.2) is 48.5 Å². The Hall–Kier alpha value is -2.29. The molecule has 122 valence electrons. The van der Waals surface area contributed by atoms with Crippen LogP contribution in [0.25, 0.3) is 0 Å². The molecule has 0 saturated heterocycles. The second-order valence-corrected chi connectivity index (χ2v) is 5.90. The topological polar surface area (TPSA) is 29.5 Å². The van der Waals surface area contributed by atoms with Crippen LogP contribution in [0.2, 0.25) is 0 Å². The van der Waals surface area contributed by atoms with Gasteiger partial charge in [-0.3, -0.25) is 4.79 Å². The van der Waals surface area contributed by atoms with Crippen molar-refractivity contribution in [3.63, 3.8) is 0 Å². The fourth-order valence-electron chi connectivity index (χ4n) is 2.51. The van der Waals surface area contributed by atoms with E-state index in [1.165, 1.54) is 5.56 Å². The van der Waals surface area contributed by atoms with E-state index in [1.807, 2.05) is 31.3 Å². The molecule has 1 amide bonds. The lowest BCUT2D eigenvalue weighted by molar-refractivity contribution is -0.137. The van der Waals surface area contributed by atoms with Crippen LogP contribution in [0.3, 0.4) is 0 Å². The Balaban J connectivity index is 1.99. The summed E-state index contributed by atoms with van der Waals surface area (Å²) in [6, 6.07) is 16.1. The summed E-state index contributed by atoms with van der Waals surface area (Å²) in [6.45, 7) is 6.53. The zero-order valence-electron chi connectivity index (χ0n) is 14.4. The number of para-hydroxylation sites is 1. The van der Waals surface area contributed by atoms with E-state index >= 15 is 0 Å². The largest absolute Gasteiger partial charge is 0.481 e. The maximum atomic E-state index is 12.5. The second-order valence-electron chi connectivity index (χ2n) is 5.90. The molecular formula is C20H25NO2. The number of rotatable bonds is 6. The highest BCUT2D eigenvalue weighted by atomic mass is 16.5. The van der Waals surface area contributed by atoms with Gasteiger partial charge in [0, 0.05) is 13.6 Å². The lowest BCUT2D eigenvalue weighted by Crippen LogP contribution is -2.37. The molecule has 23 heavy (non-hydrogen) atoms. The van der Waals surface area contributed by atoms with Gasteiger partial charge in [0.1, 0.15) is 5.75 Å². The van der Waals surface area contributed by atoms with Crippen molar-refractivity contribution < 1.29 is 9.53 Å². The Bertz CT molecular complexity index is 649. The van der Waals surface area contributed by atoms with E-state index in [1.54, 1.807) is 11.8 Å². The first kappa shape index (κ1) is 17.1. The van der Waals surface area contributed by atoms with E-state index in [0.717, 1.165) is 23.3 Å². The molecule has 0 saturated carbocycles. The quantitative estimate of drug-likeness (QED) is 0.807. The summed E-state index contributed by atoms with van der Waals surface area (Å²) in [5, 5.41) is 0. The summed E-state index contributed by atoms with van der Waals surface area (Å²) in [6.07, 6.45) is 0.383. The molecule has 0 radical (unpaired) electrons. The number of carbonyl (C=O) groups excluding carboxylic acids is 1. The van der Waals surface area contributed by atoms with E-state index in [0.29, 0.717) is 6.54 Å². The second kappa shape index (κ2) is 7.82. The number of hydrogen-bond acceptors (Lipinski definition) is 2. The predicted octanol–water partition coefficient (Wildman–Crippen LogP) is 3.98. The fourth-order valence-corrected chi connectivity index (χ4v) is 2.51. The van der Waals surface area contributed by atoms with Gasteiger partial charge in [-0.2, -0.15) is 0 Å². The van der Waals surface area contributed by atoms with Crippen LogP contribution in [-0.2, 0) is 17.8 Å². The van der Waals surface area contributed by atoms with Gasteiger partial charge >= 0.3 is 0 Å². The van der Waals surface area contributed by atoms with Crippen molar-refractivity contribution in [2.75, 3.05) is 7.05 Å². The van der Waals surface area contributed by atoms with Gasteiger partial charge in [0.25, 0.3) is 5.91 Å². The molecule has 0 aliphatic carbocycles. The highest BCUT2D eigenvalue weighted by molar-refractivity contribution is 5.80. The zero-order chi connectivity index (χ0) is 16.8. The number of benzene rings is 2. The van der Waals surface area contributed by atoms with Gasteiger partial charge in [-0.15, -0.1) is 0 Å². The Morgan fingerprint density at radius 3 is 2.43 bits per heavy atom. The Labute approximate surface area is 138 Å². The predicted molar refractivity (Wildman–Crippen MR) is 93.6 cm³/mol. The van der Waals surface area contributed by atoms with Gasteiger partial charge in [-0.05, 0) is 37.5 Å². The average Bonchev–Trinajstić information content (AvgIpc) is 2.56. The van der Waals surface area contributed by atoms with Crippen LogP contribution in [0.4, 0.5) is 0 Å². The molecule has 0 fully saturated rings. The third-order valence-electron chi connectivity index (χ3n) is 3.92. The van der Waals surface area contributed by atoms with E-state index in [2.05, 4.69) is 38.1 Å². The Morgan fingerprint density at radius 1 is 1.13 bits per heavy atom. The number of nitrogens with zero attached hydrogens (tertiary/aromatic N) is 1. The molecule has 0 aromatic heterocycles. The van der Waals surface area contributed by atoms with Crippen LogP contribution in [0.5, 0.6) is 5.75 Å². The average molecular weight is 311 g/mol. The minimum Gasteiger partial charge on any atom is -0.481 e. The molecule has 1 atom stereocenters. The Morgan fingerprint density at radius 2 is 1.78 bits per heavy atom. The van der Waals surface area contributed by atoms with Crippen molar-refractivity contribution in [2.24, 2.45) is 0 Å². The van der Waals surface area contributed by atoms with E-state index in [-0.39, 0.29) is 5.91 Å². The Kier molecular flexibility index (Phi) is 5.80. The SMILES string of the molecule is CCc1ccccc1OC(C)C(=O)N(C)Cc1ccc(C)cc1. The summed E-state index contributed by atoms with van der Waals surface area (Å²) in [7, 11) is 1.81. The summed E-state index contributed by atoms with van der Waals surface area (Å²) in [5.41, 5.74) is 3.46. The van der Waals surface area contributed by atoms with Crippen molar-refractivity contribution in [3.8, 4) is 5.75 Å². The number of carbonyl (C=O) groups is 1. The molecule has 0 aliphatic heterocycles. The summed E-state index contributed by atoms with van der Waals surface area (Å²) in [4.78, 5) is 14.2. The monoisotopic (exact) mass is 311 g/mol. The number of aryl methyl sites for hydroxylation is 2. The molecule has 2 aromatic carbocycles. The summed E-state index contributed by atoms with van der Waals surface area (Å²) < 4.78 is 5.88. The first-order valence-corrected chi connectivity index (χ1v) is 8.06. The molecule has 0 heterocycles. The van der Waals surface area contributed by atoms with Crippen LogP contribution in [0.1, 0.15) is 30.5 Å². The first-order valence-electron chi connectivity index (χ1n) is 8.06. The molecule has 0 aliphatic rings. The van der Waals surface area contributed by atoms with Crippen LogP contribution < -0.4 is 4.74 Å². The molecule has 0 bridgehead atoms. The lowest BCUT2D eigenvalue weighted by atomic mass is 10.1. The maximum Gasteiger partial charge on any atom is 0.263 e. The van der Waals surface area contributed by atoms with Crippen LogP contribution in [0, 0.1) is 6.92 Å². The molecule has 1 unspecified atom stereocenters. The van der Waals surface area contributed by atoms with Crippen molar-refractivity contribution in [1.29, 1.82) is 0 Å². The lowest BCUT2D eigenvalue weighted by Gasteiger charge is -2.23. The van der Waals surface area contributed by atoms with Gasteiger partial charge in [0.15, 0.2) is 6.10 Å². The summed E-state index contributed by atoms with van der Waals surface area (Å²) >= 11 is 0.